The summed E-state index contributed by atoms with van der Waals surface area (Å²) in [5.41, 5.74) is 6.20. The lowest BCUT2D eigenvalue weighted by atomic mass is 10.2. The first kappa shape index (κ1) is 14.6. The number of aryl methyl sites for hydroxylation is 1. The molecule has 2 aromatic carbocycles. The Morgan fingerprint density at radius 3 is 2.52 bits per heavy atom. The molecule has 6 nitrogen and oxygen atoms in total. The number of para-hydroxylation sites is 1. The second-order valence-corrected chi connectivity index (χ2v) is 5.08. The summed E-state index contributed by atoms with van der Waals surface area (Å²) >= 11 is 0. The minimum absolute atomic E-state index is 0.0630. The topological polar surface area (TPSA) is 91.6 Å². The average Bonchev–Trinajstić information content (AvgIpc) is 2.95. The van der Waals surface area contributed by atoms with Gasteiger partial charge in [-0.3, -0.25) is 20.4 Å². The van der Waals surface area contributed by atoms with E-state index in [1.807, 2.05) is 19.1 Å². The van der Waals surface area contributed by atoms with Gasteiger partial charge in [-0.25, -0.2) is 0 Å². The van der Waals surface area contributed by atoms with Gasteiger partial charge in [0.1, 0.15) is 11.3 Å². The molecule has 3 N–H and O–H groups in total. The van der Waals surface area contributed by atoms with E-state index in [0.29, 0.717) is 5.58 Å². The van der Waals surface area contributed by atoms with Gasteiger partial charge < -0.3 is 9.52 Å². The molecule has 0 aliphatic heterocycles. The van der Waals surface area contributed by atoms with Crippen molar-refractivity contribution in [1.82, 2.24) is 10.9 Å². The van der Waals surface area contributed by atoms with E-state index in [1.165, 1.54) is 12.1 Å². The lowest BCUT2D eigenvalue weighted by Gasteiger charge is -2.06. The van der Waals surface area contributed by atoms with Crippen molar-refractivity contribution in [2.45, 2.75) is 6.92 Å². The zero-order chi connectivity index (χ0) is 16.4. The van der Waals surface area contributed by atoms with E-state index in [4.69, 9.17) is 4.42 Å². The fraction of sp³-hybridized carbons (Fsp3) is 0.0588. The Hall–Kier alpha value is -3.28. The van der Waals surface area contributed by atoms with E-state index in [-0.39, 0.29) is 17.1 Å². The Morgan fingerprint density at radius 1 is 1.00 bits per heavy atom. The summed E-state index contributed by atoms with van der Waals surface area (Å²) in [5.74, 6) is -1.28. The SMILES string of the molecule is Cc1ccc2oc(C(=O)NNC(=O)c3ccccc3O)cc2c1. The molecular formula is C17H14N2O4. The predicted molar refractivity (Wildman–Crippen MR) is 84.0 cm³/mol. The molecule has 3 rings (SSSR count). The second-order valence-electron chi connectivity index (χ2n) is 5.08. The minimum Gasteiger partial charge on any atom is -0.507 e. The number of nitrogens with one attached hydrogen (secondary N) is 2. The van der Waals surface area contributed by atoms with Crippen molar-refractivity contribution in [2.24, 2.45) is 0 Å². The van der Waals surface area contributed by atoms with Crippen LogP contribution in [0, 0.1) is 6.92 Å². The Morgan fingerprint density at radius 2 is 1.74 bits per heavy atom. The van der Waals surface area contributed by atoms with Gasteiger partial charge in [0.05, 0.1) is 5.56 Å². The zero-order valence-corrected chi connectivity index (χ0v) is 12.3. The first-order valence-corrected chi connectivity index (χ1v) is 6.93. The number of furan rings is 1. The molecule has 1 aromatic heterocycles. The van der Waals surface area contributed by atoms with Gasteiger partial charge in [-0.15, -0.1) is 0 Å². The molecule has 0 aliphatic rings. The van der Waals surface area contributed by atoms with E-state index >= 15 is 0 Å². The summed E-state index contributed by atoms with van der Waals surface area (Å²) in [6.07, 6.45) is 0. The van der Waals surface area contributed by atoms with E-state index in [0.717, 1.165) is 10.9 Å². The molecule has 1 heterocycles. The predicted octanol–water partition coefficient (Wildman–Crippen LogP) is 2.52. The first-order chi connectivity index (χ1) is 11.0. The molecule has 0 fully saturated rings. The van der Waals surface area contributed by atoms with Crippen LogP contribution >= 0.6 is 0 Å². The van der Waals surface area contributed by atoms with Crippen LogP contribution in [0.3, 0.4) is 0 Å². The van der Waals surface area contributed by atoms with Crippen LogP contribution < -0.4 is 10.9 Å². The van der Waals surface area contributed by atoms with Crippen molar-refractivity contribution in [3.8, 4) is 5.75 Å². The highest BCUT2D eigenvalue weighted by molar-refractivity contribution is 6.00. The maximum atomic E-state index is 12.0. The highest BCUT2D eigenvalue weighted by Crippen LogP contribution is 2.20. The van der Waals surface area contributed by atoms with Gasteiger partial charge >= 0.3 is 5.91 Å². The number of amides is 2. The first-order valence-electron chi connectivity index (χ1n) is 6.93. The highest BCUT2D eigenvalue weighted by atomic mass is 16.3. The van der Waals surface area contributed by atoms with Crippen LogP contribution in [0.1, 0.15) is 26.5 Å². The van der Waals surface area contributed by atoms with Crippen molar-refractivity contribution in [3.05, 3.63) is 65.4 Å². The van der Waals surface area contributed by atoms with Gasteiger partial charge in [0.15, 0.2) is 5.76 Å². The number of carbonyl (C=O) groups is 2. The van der Waals surface area contributed by atoms with Gasteiger partial charge in [0, 0.05) is 5.39 Å². The number of hydrazine groups is 1. The molecule has 0 saturated heterocycles. The van der Waals surface area contributed by atoms with Crippen LogP contribution in [-0.4, -0.2) is 16.9 Å². The standard InChI is InChI=1S/C17H14N2O4/c1-10-6-7-14-11(8-10)9-15(23-14)17(22)19-18-16(21)12-4-2-3-5-13(12)20/h2-9,20H,1H3,(H,18,21)(H,19,22). The molecule has 0 bridgehead atoms. The monoisotopic (exact) mass is 310 g/mol. The van der Waals surface area contributed by atoms with Crippen LogP contribution in [0.4, 0.5) is 0 Å². The highest BCUT2D eigenvalue weighted by Gasteiger charge is 2.15. The molecule has 116 valence electrons. The molecule has 0 atom stereocenters. The number of aromatic hydroxyl groups is 1. The summed E-state index contributed by atoms with van der Waals surface area (Å²) in [7, 11) is 0. The van der Waals surface area contributed by atoms with Crippen molar-refractivity contribution in [1.29, 1.82) is 0 Å². The van der Waals surface area contributed by atoms with Gasteiger partial charge in [-0.05, 0) is 37.3 Å². The van der Waals surface area contributed by atoms with Gasteiger partial charge in [0.2, 0.25) is 0 Å². The average molecular weight is 310 g/mol. The Bertz CT molecular complexity index is 898. The van der Waals surface area contributed by atoms with Gasteiger partial charge in [0.25, 0.3) is 5.91 Å². The van der Waals surface area contributed by atoms with E-state index in [1.54, 1.807) is 24.3 Å². The summed E-state index contributed by atoms with van der Waals surface area (Å²) in [6.45, 7) is 1.94. The Labute approximate surface area is 131 Å². The molecule has 6 heteroatoms. The second kappa shape index (κ2) is 5.84. The lowest BCUT2D eigenvalue weighted by Crippen LogP contribution is -2.41. The Balaban J connectivity index is 1.71. The summed E-state index contributed by atoms with van der Waals surface area (Å²) in [6, 6.07) is 13.2. The number of benzene rings is 2. The third kappa shape index (κ3) is 3.01. The van der Waals surface area contributed by atoms with E-state index in [2.05, 4.69) is 10.9 Å². The van der Waals surface area contributed by atoms with Crippen molar-refractivity contribution >= 4 is 22.8 Å². The van der Waals surface area contributed by atoms with Crippen LogP contribution in [-0.2, 0) is 0 Å². The molecule has 3 aromatic rings. The molecule has 23 heavy (non-hydrogen) atoms. The number of hydrogen-bond donors (Lipinski definition) is 3. The number of fused-ring (bicyclic) bond motifs is 1. The third-order valence-corrected chi connectivity index (χ3v) is 3.33. The minimum atomic E-state index is -0.622. The third-order valence-electron chi connectivity index (χ3n) is 3.33. The van der Waals surface area contributed by atoms with Crippen LogP contribution in [0.5, 0.6) is 5.75 Å². The van der Waals surface area contributed by atoms with E-state index in [9.17, 15) is 14.7 Å². The zero-order valence-electron chi connectivity index (χ0n) is 12.3. The quantitative estimate of drug-likeness (QED) is 0.634. The van der Waals surface area contributed by atoms with Gasteiger partial charge in [-0.1, -0.05) is 23.8 Å². The molecule has 0 spiro atoms. The summed E-state index contributed by atoms with van der Waals surface area (Å²) in [5, 5.41) is 10.4. The van der Waals surface area contributed by atoms with Crippen LogP contribution in [0.2, 0.25) is 0 Å². The van der Waals surface area contributed by atoms with E-state index < -0.39 is 11.8 Å². The number of carbonyl (C=O) groups excluding carboxylic acids is 2. The Kier molecular flexibility index (Phi) is 3.72. The number of phenolic OH excluding ortho intramolecular Hbond substituents is 1. The maximum absolute atomic E-state index is 12.0. The van der Waals surface area contributed by atoms with Crippen molar-refractivity contribution < 1.29 is 19.1 Å². The normalized spacial score (nSPS) is 10.5. The molecule has 0 unspecified atom stereocenters. The summed E-state index contributed by atoms with van der Waals surface area (Å²) in [4.78, 5) is 23.9. The summed E-state index contributed by atoms with van der Waals surface area (Å²) < 4.78 is 5.43. The molecular weight excluding hydrogens is 296 g/mol. The maximum Gasteiger partial charge on any atom is 0.305 e. The van der Waals surface area contributed by atoms with Crippen molar-refractivity contribution in [3.63, 3.8) is 0 Å². The molecule has 0 radical (unpaired) electrons. The van der Waals surface area contributed by atoms with Crippen LogP contribution in [0.25, 0.3) is 11.0 Å². The fourth-order valence-electron chi connectivity index (χ4n) is 2.18. The smallest absolute Gasteiger partial charge is 0.305 e. The lowest BCUT2D eigenvalue weighted by molar-refractivity contribution is 0.0830. The van der Waals surface area contributed by atoms with Crippen molar-refractivity contribution in [2.75, 3.05) is 0 Å². The number of rotatable bonds is 2. The molecule has 0 saturated carbocycles. The van der Waals surface area contributed by atoms with Crippen LogP contribution in [0.15, 0.2) is 52.9 Å². The molecule has 2 amide bonds. The molecule has 0 aliphatic carbocycles. The van der Waals surface area contributed by atoms with Gasteiger partial charge in [-0.2, -0.15) is 0 Å². The fourth-order valence-corrected chi connectivity index (χ4v) is 2.18. The largest absolute Gasteiger partial charge is 0.507 e. The number of phenols is 1. The number of hydrogen-bond acceptors (Lipinski definition) is 4.